The van der Waals surface area contributed by atoms with Gasteiger partial charge in [0.1, 0.15) is 0 Å². The highest BCUT2D eigenvalue weighted by Gasteiger charge is 2.20. The average molecular weight is 281 g/mol. The summed E-state index contributed by atoms with van der Waals surface area (Å²) in [5.74, 6) is 0.0711. The van der Waals surface area contributed by atoms with E-state index in [2.05, 4.69) is 0 Å². The number of rotatable bonds is 3. The van der Waals surface area contributed by atoms with Gasteiger partial charge < -0.3 is 10.0 Å². The van der Waals surface area contributed by atoms with Crippen LogP contribution in [0.25, 0.3) is 11.1 Å². The van der Waals surface area contributed by atoms with Crippen LogP contribution in [-0.4, -0.2) is 29.0 Å². The lowest BCUT2D eigenvalue weighted by molar-refractivity contribution is 0.0792. The third-order valence-electron chi connectivity index (χ3n) is 4.00. The zero-order chi connectivity index (χ0) is 14.7. The number of likely N-dealkylation sites (tertiary alicyclic amines) is 1. The molecule has 0 unspecified atom stereocenters. The fraction of sp³-hybridized carbons (Fsp3) is 0.278. The molecule has 1 fully saturated rings. The van der Waals surface area contributed by atoms with E-state index in [4.69, 9.17) is 0 Å². The van der Waals surface area contributed by atoms with Crippen molar-refractivity contribution in [2.75, 3.05) is 13.1 Å². The predicted molar refractivity (Wildman–Crippen MR) is 82.9 cm³/mol. The molecular formula is C18H19NO2. The van der Waals surface area contributed by atoms with Crippen molar-refractivity contribution < 1.29 is 9.90 Å². The maximum atomic E-state index is 12.4. The van der Waals surface area contributed by atoms with Gasteiger partial charge in [-0.2, -0.15) is 0 Å². The number of aliphatic hydroxyl groups excluding tert-OH is 1. The molecule has 21 heavy (non-hydrogen) atoms. The van der Waals surface area contributed by atoms with E-state index in [0.717, 1.165) is 42.6 Å². The van der Waals surface area contributed by atoms with Gasteiger partial charge >= 0.3 is 0 Å². The standard InChI is InChI=1S/C18H19NO2/c20-13-16-12-15(18(21)19-10-4-5-11-19)8-9-17(16)14-6-2-1-3-7-14/h1-3,6-9,12,20H,4-5,10-11,13H2. The SMILES string of the molecule is O=C(c1ccc(-c2ccccc2)c(CO)c1)N1CCCC1. The zero-order valence-electron chi connectivity index (χ0n) is 12.0. The molecule has 0 saturated carbocycles. The van der Waals surface area contributed by atoms with Crippen molar-refractivity contribution >= 4 is 5.91 Å². The van der Waals surface area contributed by atoms with Crippen LogP contribution in [-0.2, 0) is 6.61 Å². The van der Waals surface area contributed by atoms with Gasteiger partial charge in [0.2, 0.25) is 0 Å². The Morgan fingerprint density at radius 2 is 1.76 bits per heavy atom. The number of nitrogens with zero attached hydrogens (tertiary/aromatic N) is 1. The molecule has 0 aromatic heterocycles. The third kappa shape index (κ3) is 2.83. The number of carbonyl (C=O) groups is 1. The van der Waals surface area contributed by atoms with Gasteiger partial charge in [0.05, 0.1) is 6.61 Å². The van der Waals surface area contributed by atoms with Gasteiger partial charge in [0.25, 0.3) is 5.91 Å². The lowest BCUT2D eigenvalue weighted by Crippen LogP contribution is -2.27. The smallest absolute Gasteiger partial charge is 0.253 e. The van der Waals surface area contributed by atoms with Crippen molar-refractivity contribution in [3.05, 3.63) is 59.7 Å². The van der Waals surface area contributed by atoms with E-state index >= 15 is 0 Å². The number of aliphatic hydroxyl groups is 1. The van der Waals surface area contributed by atoms with Crippen molar-refractivity contribution in [3.8, 4) is 11.1 Å². The van der Waals surface area contributed by atoms with Crippen LogP contribution in [0.5, 0.6) is 0 Å². The second-order valence-corrected chi connectivity index (χ2v) is 5.40. The van der Waals surface area contributed by atoms with Crippen molar-refractivity contribution in [3.63, 3.8) is 0 Å². The minimum Gasteiger partial charge on any atom is -0.392 e. The van der Waals surface area contributed by atoms with Crippen molar-refractivity contribution in [1.29, 1.82) is 0 Å². The first-order chi connectivity index (χ1) is 10.3. The molecule has 3 nitrogen and oxygen atoms in total. The fourth-order valence-electron chi connectivity index (χ4n) is 2.86. The van der Waals surface area contributed by atoms with Crippen LogP contribution in [0.3, 0.4) is 0 Å². The topological polar surface area (TPSA) is 40.5 Å². The Bertz CT molecular complexity index is 631. The summed E-state index contributed by atoms with van der Waals surface area (Å²) in [6.45, 7) is 1.62. The minimum absolute atomic E-state index is 0.0641. The Labute approximate surface area is 124 Å². The van der Waals surface area contributed by atoms with E-state index in [1.165, 1.54) is 0 Å². The molecule has 1 amide bonds. The number of carbonyl (C=O) groups excluding carboxylic acids is 1. The molecule has 3 rings (SSSR count). The first kappa shape index (κ1) is 13.8. The van der Waals surface area contributed by atoms with Gasteiger partial charge in [0, 0.05) is 18.7 Å². The summed E-state index contributed by atoms with van der Waals surface area (Å²) in [7, 11) is 0. The number of amides is 1. The molecular weight excluding hydrogens is 262 g/mol. The summed E-state index contributed by atoms with van der Waals surface area (Å²) < 4.78 is 0. The summed E-state index contributed by atoms with van der Waals surface area (Å²) in [5.41, 5.74) is 3.50. The van der Waals surface area contributed by atoms with Crippen molar-refractivity contribution in [2.24, 2.45) is 0 Å². The van der Waals surface area contributed by atoms with E-state index in [-0.39, 0.29) is 12.5 Å². The Morgan fingerprint density at radius 3 is 2.43 bits per heavy atom. The summed E-state index contributed by atoms with van der Waals surface area (Å²) in [6.07, 6.45) is 2.17. The van der Waals surface area contributed by atoms with Crippen LogP contribution < -0.4 is 0 Å². The highest BCUT2D eigenvalue weighted by atomic mass is 16.3. The molecule has 1 aliphatic heterocycles. The Hall–Kier alpha value is -2.13. The quantitative estimate of drug-likeness (QED) is 0.939. The maximum absolute atomic E-state index is 12.4. The summed E-state index contributed by atoms with van der Waals surface area (Å²) in [4.78, 5) is 14.3. The highest BCUT2D eigenvalue weighted by molar-refractivity contribution is 5.95. The lowest BCUT2D eigenvalue weighted by atomic mass is 9.97. The molecule has 2 aromatic carbocycles. The molecule has 0 bridgehead atoms. The predicted octanol–water partition coefficient (Wildman–Crippen LogP) is 3.08. The van der Waals surface area contributed by atoms with Gasteiger partial charge in [-0.05, 0) is 41.7 Å². The number of hydrogen-bond acceptors (Lipinski definition) is 2. The minimum atomic E-state index is -0.0641. The fourth-order valence-corrected chi connectivity index (χ4v) is 2.86. The summed E-state index contributed by atoms with van der Waals surface area (Å²) in [6, 6.07) is 15.6. The van der Waals surface area contributed by atoms with E-state index in [1.807, 2.05) is 53.4 Å². The molecule has 0 radical (unpaired) electrons. The highest BCUT2D eigenvalue weighted by Crippen LogP contribution is 2.25. The normalized spacial score (nSPS) is 14.4. The molecule has 0 spiro atoms. The number of hydrogen-bond donors (Lipinski definition) is 1. The van der Waals surface area contributed by atoms with Gasteiger partial charge in [0.15, 0.2) is 0 Å². The molecule has 2 aromatic rings. The van der Waals surface area contributed by atoms with Crippen LogP contribution in [0, 0.1) is 0 Å². The van der Waals surface area contributed by atoms with E-state index < -0.39 is 0 Å². The maximum Gasteiger partial charge on any atom is 0.253 e. The zero-order valence-corrected chi connectivity index (χ0v) is 12.0. The molecule has 1 aliphatic rings. The molecule has 108 valence electrons. The van der Waals surface area contributed by atoms with E-state index in [1.54, 1.807) is 0 Å². The average Bonchev–Trinajstić information content (AvgIpc) is 3.09. The van der Waals surface area contributed by atoms with Crippen molar-refractivity contribution in [1.82, 2.24) is 4.90 Å². The van der Waals surface area contributed by atoms with E-state index in [9.17, 15) is 9.90 Å². The second kappa shape index (κ2) is 6.10. The Balaban J connectivity index is 1.93. The Morgan fingerprint density at radius 1 is 1.05 bits per heavy atom. The largest absolute Gasteiger partial charge is 0.392 e. The molecule has 0 aliphatic carbocycles. The molecule has 3 heteroatoms. The monoisotopic (exact) mass is 281 g/mol. The van der Waals surface area contributed by atoms with Crippen molar-refractivity contribution in [2.45, 2.75) is 19.4 Å². The Kier molecular flexibility index (Phi) is 4.02. The first-order valence-electron chi connectivity index (χ1n) is 7.38. The van der Waals surface area contributed by atoms with Gasteiger partial charge in [-0.25, -0.2) is 0 Å². The molecule has 1 saturated heterocycles. The summed E-state index contributed by atoms with van der Waals surface area (Å²) in [5, 5.41) is 9.63. The van der Waals surface area contributed by atoms with E-state index in [0.29, 0.717) is 5.56 Å². The van der Waals surface area contributed by atoms with Gasteiger partial charge in [-0.1, -0.05) is 36.4 Å². The van der Waals surface area contributed by atoms with Crippen LogP contribution >= 0.6 is 0 Å². The van der Waals surface area contributed by atoms with Gasteiger partial charge in [-0.15, -0.1) is 0 Å². The second-order valence-electron chi connectivity index (χ2n) is 5.40. The molecule has 0 atom stereocenters. The van der Waals surface area contributed by atoms with Crippen LogP contribution in [0.1, 0.15) is 28.8 Å². The van der Waals surface area contributed by atoms with Gasteiger partial charge in [-0.3, -0.25) is 4.79 Å². The van der Waals surface area contributed by atoms with Crippen LogP contribution in [0.2, 0.25) is 0 Å². The lowest BCUT2D eigenvalue weighted by Gasteiger charge is -2.16. The van der Waals surface area contributed by atoms with Crippen LogP contribution in [0.15, 0.2) is 48.5 Å². The number of benzene rings is 2. The molecule has 1 heterocycles. The summed E-state index contributed by atoms with van der Waals surface area (Å²) >= 11 is 0. The van der Waals surface area contributed by atoms with Crippen LogP contribution in [0.4, 0.5) is 0 Å². The molecule has 1 N–H and O–H groups in total. The third-order valence-corrected chi connectivity index (χ3v) is 4.00. The first-order valence-corrected chi connectivity index (χ1v) is 7.38.